The first kappa shape index (κ1) is 15.9. The van der Waals surface area contributed by atoms with Gasteiger partial charge in [0.15, 0.2) is 0 Å². The summed E-state index contributed by atoms with van der Waals surface area (Å²) in [4.78, 5) is 14.8. The Labute approximate surface area is 140 Å². The molecule has 5 nitrogen and oxygen atoms in total. The Balaban J connectivity index is 1.79. The second-order valence-electron chi connectivity index (χ2n) is 5.75. The maximum Gasteiger partial charge on any atom is 0.257 e. The lowest BCUT2D eigenvalue weighted by atomic mass is 10.1. The lowest BCUT2D eigenvalue weighted by Crippen LogP contribution is -2.29. The predicted octanol–water partition coefficient (Wildman–Crippen LogP) is 2.91. The third-order valence-corrected chi connectivity index (χ3v) is 5.03. The molecule has 2 aromatic rings. The van der Waals surface area contributed by atoms with Crippen LogP contribution in [0, 0.1) is 5.92 Å². The molecule has 1 fully saturated rings. The molecule has 2 heterocycles. The molecule has 3 rings (SSSR count). The number of hydrogen-bond donors (Lipinski definition) is 1. The number of likely N-dealkylation sites (tertiary alicyclic amines) is 1. The number of thioether (sulfide) groups is 1. The van der Waals surface area contributed by atoms with Crippen molar-refractivity contribution in [3.63, 3.8) is 0 Å². The molecule has 23 heavy (non-hydrogen) atoms. The summed E-state index contributed by atoms with van der Waals surface area (Å²) in [5.41, 5.74) is 2.34. The van der Waals surface area contributed by atoms with Crippen LogP contribution in [0.25, 0.3) is 11.3 Å². The Hall–Kier alpha value is -1.95. The average molecular weight is 331 g/mol. The van der Waals surface area contributed by atoms with Crippen LogP contribution in [0.3, 0.4) is 0 Å². The van der Waals surface area contributed by atoms with Crippen molar-refractivity contribution in [3.8, 4) is 17.0 Å². The molecule has 1 atom stereocenters. The molecule has 0 aliphatic carbocycles. The molecule has 0 unspecified atom stereocenters. The number of hydrogen-bond acceptors (Lipinski definition) is 4. The van der Waals surface area contributed by atoms with Gasteiger partial charge in [0, 0.05) is 18.7 Å². The second-order valence-corrected chi connectivity index (χ2v) is 6.66. The van der Waals surface area contributed by atoms with Gasteiger partial charge in [0.2, 0.25) is 0 Å². The van der Waals surface area contributed by atoms with E-state index in [1.807, 2.05) is 40.9 Å². The van der Waals surface area contributed by atoms with Crippen molar-refractivity contribution in [1.82, 2.24) is 15.1 Å². The molecular formula is C17H21N3O2S. The highest BCUT2D eigenvalue weighted by Gasteiger charge is 2.28. The van der Waals surface area contributed by atoms with Gasteiger partial charge in [-0.3, -0.25) is 9.89 Å². The van der Waals surface area contributed by atoms with Gasteiger partial charge in [-0.25, -0.2) is 0 Å². The van der Waals surface area contributed by atoms with E-state index in [1.54, 1.807) is 13.3 Å². The zero-order valence-corrected chi connectivity index (χ0v) is 14.2. The van der Waals surface area contributed by atoms with Crippen molar-refractivity contribution in [2.75, 3.05) is 32.2 Å². The van der Waals surface area contributed by atoms with Crippen LogP contribution in [-0.2, 0) is 0 Å². The van der Waals surface area contributed by atoms with Gasteiger partial charge in [-0.15, -0.1) is 0 Å². The maximum absolute atomic E-state index is 12.8. The van der Waals surface area contributed by atoms with E-state index < -0.39 is 0 Å². The molecule has 1 aliphatic rings. The van der Waals surface area contributed by atoms with Gasteiger partial charge < -0.3 is 9.64 Å². The van der Waals surface area contributed by atoms with E-state index in [2.05, 4.69) is 16.5 Å². The quantitative estimate of drug-likeness (QED) is 0.915. The second kappa shape index (κ2) is 7.08. The number of benzene rings is 1. The molecule has 0 radical (unpaired) electrons. The Morgan fingerprint density at radius 2 is 2.22 bits per heavy atom. The molecule has 1 N–H and O–H groups in total. The minimum absolute atomic E-state index is 0.0631. The van der Waals surface area contributed by atoms with Crippen LogP contribution in [0.5, 0.6) is 5.75 Å². The van der Waals surface area contributed by atoms with Crippen molar-refractivity contribution in [1.29, 1.82) is 0 Å². The number of carbonyl (C=O) groups excluding carboxylic acids is 1. The minimum Gasteiger partial charge on any atom is -0.497 e. The summed E-state index contributed by atoms with van der Waals surface area (Å²) in [6.07, 6.45) is 4.83. The lowest BCUT2D eigenvalue weighted by molar-refractivity contribution is 0.0789. The van der Waals surface area contributed by atoms with Crippen LogP contribution in [0.15, 0.2) is 30.5 Å². The van der Waals surface area contributed by atoms with Crippen molar-refractivity contribution in [3.05, 3.63) is 36.0 Å². The van der Waals surface area contributed by atoms with Gasteiger partial charge in [-0.05, 0) is 48.6 Å². The molecule has 0 bridgehead atoms. The summed E-state index contributed by atoms with van der Waals surface area (Å²) < 4.78 is 5.18. The summed E-state index contributed by atoms with van der Waals surface area (Å²) in [5, 5.41) is 7.04. The number of ether oxygens (including phenoxy) is 1. The summed E-state index contributed by atoms with van der Waals surface area (Å²) in [6, 6.07) is 7.64. The van der Waals surface area contributed by atoms with E-state index in [0.29, 0.717) is 11.5 Å². The number of rotatable bonds is 5. The van der Waals surface area contributed by atoms with Crippen LogP contribution in [0.2, 0.25) is 0 Å². The molecule has 1 saturated heterocycles. The van der Waals surface area contributed by atoms with Gasteiger partial charge in [0.05, 0.1) is 24.6 Å². The molecular weight excluding hydrogens is 310 g/mol. The van der Waals surface area contributed by atoms with E-state index >= 15 is 0 Å². The van der Waals surface area contributed by atoms with Gasteiger partial charge >= 0.3 is 0 Å². The molecule has 6 heteroatoms. The van der Waals surface area contributed by atoms with E-state index in [4.69, 9.17) is 4.74 Å². The Morgan fingerprint density at radius 1 is 1.43 bits per heavy atom. The number of nitrogens with zero attached hydrogens (tertiary/aromatic N) is 2. The Morgan fingerprint density at radius 3 is 2.91 bits per heavy atom. The number of H-pyrrole nitrogens is 1. The van der Waals surface area contributed by atoms with Crippen molar-refractivity contribution < 1.29 is 9.53 Å². The van der Waals surface area contributed by atoms with Gasteiger partial charge in [-0.1, -0.05) is 0 Å². The molecule has 1 amide bonds. The van der Waals surface area contributed by atoms with Crippen LogP contribution >= 0.6 is 11.8 Å². The number of aromatic nitrogens is 2. The van der Waals surface area contributed by atoms with Gasteiger partial charge in [0.25, 0.3) is 5.91 Å². The van der Waals surface area contributed by atoms with Crippen molar-refractivity contribution in [2.45, 2.75) is 6.42 Å². The lowest BCUT2D eigenvalue weighted by Gasteiger charge is -2.16. The highest BCUT2D eigenvalue weighted by atomic mass is 32.2. The van der Waals surface area contributed by atoms with E-state index in [0.717, 1.165) is 42.3 Å². The van der Waals surface area contributed by atoms with Crippen molar-refractivity contribution >= 4 is 17.7 Å². The normalized spacial score (nSPS) is 17.5. The Kier molecular flexibility index (Phi) is 4.91. The van der Waals surface area contributed by atoms with E-state index in [-0.39, 0.29) is 5.91 Å². The number of aromatic amines is 1. The van der Waals surface area contributed by atoms with Crippen LogP contribution in [0.4, 0.5) is 0 Å². The Bertz CT molecular complexity index is 669. The number of carbonyl (C=O) groups is 1. The van der Waals surface area contributed by atoms with Crippen LogP contribution in [0.1, 0.15) is 16.8 Å². The first-order valence-electron chi connectivity index (χ1n) is 7.69. The van der Waals surface area contributed by atoms with Crippen molar-refractivity contribution in [2.24, 2.45) is 5.92 Å². The number of nitrogens with one attached hydrogen (secondary N) is 1. The number of amides is 1. The predicted molar refractivity (Wildman–Crippen MR) is 93.0 cm³/mol. The first-order chi connectivity index (χ1) is 11.2. The summed E-state index contributed by atoms with van der Waals surface area (Å²) in [7, 11) is 1.64. The first-order valence-corrected chi connectivity index (χ1v) is 9.08. The van der Waals surface area contributed by atoms with E-state index in [1.165, 1.54) is 0 Å². The highest BCUT2D eigenvalue weighted by molar-refractivity contribution is 7.98. The third-order valence-electron chi connectivity index (χ3n) is 4.22. The summed E-state index contributed by atoms with van der Waals surface area (Å²) in [5.74, 6) is 2.57. The fraction of sp³-hybridized carbons (Fsp3) is 0.412. The average Bonchev–Trinajstić information content (AvgIpc) is 3.24. The number of methoxy groups -OCH3 is 1. The van der Waals surface area contributed by atoms with Gasteiger partial charge in [-0.2, -0.15) is 16.9 Å². The van der Waals surface area contributed by atoms with Crippen LogP contribution in [-0.4, -0.2) is 53.2 Å². The molecule has 1 aromatic heterocycles. The molecule has 122 valence electrons. The fourth-order valence-electron chi connectivity index (χ4n) is 2.99. The minimum atomic E-state index is 0.0631. The maximum atomic E-state index is 12.8. The van der Waals surface area contributed by atoms with Gasteiger partial charge in [0.1, 0.15) is 5.75 Å². The molecule has 1 aliphatic heterocycles. The summed E-state index contributed by atoms with van der Waals surface area (Å²) in [6.45, 7) is 1.67. The highest BCUT2D eigenvalue weighted by Crippen LogP contribution is 2.27. The smallest absolute Gasteiger partial charge is 0.257 e. The fourth-order valence-corrected chi connectivity index (χ4v) is 3.73. The van der Waals surface area contributed by atoms with E-state index in [9.17, 15) is 4.79 Å². The molecule has 1 aromatic carbocycles. The third kappa shape index (κ3) is 3.37. The topological polar surface area (TPSA) is 58.2 Å². The standard InChI is InChI=1S/C17H21N3O2S/c1-22-14-5-3-13(4-6-14)16-15(9-18-19-16)17(21)20-8-7-12(10-20)11-23-2/h3-6,9,12H,7-8,10-11H2,1-2H3,(H,18,19)/t12-/m0/s1. The SMILES string of the molecule is COc1ccc(-c2[nH]ncc2C(=O)N2CC[C@H](CSC)C2)cc1. The zero-order valence-electron chi connectivity index (χ0n) is 13.4. The molecule has 0 spiro atoms. The zero-order chi connectivity index (χ0) is 16.2. The summed E-state index contributed by atoms with van der Waals surface area (Å²) >= 11 is 1.85. The largest absolute Gasteiger partial charge is 0.497 e. The molecule has 0 saturated carbocycles. The monoisotopic (exact) mass is 331 g/mol. The van der Waals surface area contributed by atoms with Crippen LogP contribution < -0.4 is 4.74 Å².